The molecule has 1 aromatic rings. The molecule has 1 heterocycles. The molecule has 2 fully saturated rings. The second-order valence-corrected chi connectivity index (χ2v) is 9.45. The van der Waals surface area contributed by atoms with Gasteiger partial charge < -0.3 is 19.3 Å². The second-order valence-electron chi connectivity index (χ2n) is 9.45. The quantitative estimate of drug-likeness (QED) is 0.517. The summed E-state index contributed by atoms with van der Waals surface area (Å²) >= 11 is 0. The van der Waals surface area contributed by atoms with Crippen molar-refractivity contribution in [1.29, 1.82) is 0 Å². The first-order valence-corrected chi connectivity index (χ1v) is 12.7. The molecule has 0 spiro atoms. The smallest absolute Gasteiger partial charge is 0.250 e. The van der Waals surface area contributed by atoms with E-state index in [1.54, 1.807) is 7.11 Å². The lowest BCUT2D eigenvalue weighted by Gasteiger charge is -2.44. The second kappa shape index (κ2) is 11.1. The Balaban J connectivity index is 1.63. The van der Waals surface area contributed by atoms with Crippen LogP contribution in [0.15, 0.2) is 29.8 Å². The summed E-state index contributed by atoms with van der Waals surface area (Å²) in [7, 11) is 1.61. The third-order valence-corrected chi connectivity index (χ3v) is 7.33. The molecular weight excluding hydrogens is 416 g/mol. The maximum atomic E-state index is 13.9. The van der Waals surface area contributed by atoms with Crippen molar-refractivity contribution in [2.45, 2.75) is 83.2 Å². The Labute approximate surface area is 197 Å². The molecule has 0 unspecified atom stereocenters. The number of nitrogens with zero attached hydrogens (tertiary/aromatic N) is 2. The van der Waals surface area contributed by atoms with Gasteiger partial charge >= 0.3 is 0 Å². The van der Waals surface area contributed by atoms with Crippen molar-refractivity contribution in [2.24, 2.45) is 0 Å². The van der Waals surface area contributed by atoms with Gasteiger partial charge in [0.15, 0.2) is 11.5 Å². The summed E-state index contributed by atoms with van der Waals surface area (Å²) in [5.41, 5.74) is 2.21. The molecule has 0 radical (unpaired) electrons. The molecule has 0 bridgehead atoms. The zero-order chi connectivity index (χ0) is 23.2. The number of hydrogen-bond donors (Lipinski definition) is 0. The normalized spacial score (nSPS) is 22.4. The van der Waals surface area contributed by atoms with E-state index < -0.39 is 6.04 Å². The molecule has 1 saturated heterocycles. The molecule has 1 aromatic carbocycles. The zero-order valence-electron chi connectivity index (χ0n) is 20.2. The summed E-state index contributed by atoms with van der Waals surface area (Å²) in [4.78, 5) is 31.0. The number of carbonyl (C=O) groups excluding carboxylic acids is 2. The van der Waals surface area contributed by atoms with Crippen molar-refractivity contribution < 1.29 is 19.1 Å². The molecule has 6 nitrogen and oxygen atoms in total. The minimum absolute atomic E-state index is 0.0466. The third kappa shape index (κ3) is 5.36. The standard InChI is InChI=1S/C27H38N2O4/c1-3-33-23-15-14-21(18-24(23)32-2)26-27(31)29(22-12-8-5-9-13-22)19-25(30)28(26)17-16-20-10-6-4-7-11-20/h10,14-15,18,22,26H,3-9,11-13,16-17,19H2,1-2H3/t26-/m1/s1. The SMILES string of the molecule is CCOc1ccc([C@@H]2C(=O)N(C3CCCCC3)CC(=O)N2CCC2=CCCCC2)cc1OC. The Kier molecular flexibility index (Phi) is 7.94. The van der Waals surface area contributed by atoms with Crippen molar-refractivity contribution in [3.8, 4) is 11.5 Å². The predicted octanol–water partition coefficient (Wildman–Crippen LogP) is 5.03. The number of amides is 2. The Morgan fingerprint density at radius 2 is 1.85 bits per heavy atom. The predicted molar refractivity (Wildman–Crippen MR) is 128 cm³/mol. The van der Waals surface area contributed by atoms with Gasteiger partial charge in [0.05, 0.1) is 13.7 Å². The van der Waals surface area contributed by atoms with Gasteiger partial charge in [-0.05, 0) is 69.6 Å². The molecule has 0 aromatic heterocycles. The molecule has 2 amide bonds. The monoisotopic (exact) mass is 454 g/mol. The van der Waals surface area contributed by atoms with Crippen LogP contribution < -0.4 is 9.47 Å². The molecule has 2 aliphatic carbocycles. The Morgan fingerprint density at radius 1 is 1.03 bits per heavy atom. The van der Waals surface area contributed by atoms with Crippen molar-refractivity contribution in [2.75, 3.05) is 26.8 Å². The fraction of sp³-hybridized carbons (Fsp3) is 0.630. The van der Waals surface area contributed by atoms with Crippen LogP contribution in [-0.2, 0) is 9.59 Å². The summed E-state index contributed by atoms with van der Waals surface area (Å²) in [6.45, 7) is 3.25. The maximum absolute atomic E-state index is 13.9. The zero-order valence-corrected chi connectivity index (χ0v) is 20.2. The number of piperazine rings is 1. The third-order valence-electron chi connectivity index (χ3n) is 7.33. The minimum Gasteiger partial charge on any atom is -0.493 e. The lowest BCUT2D eigenvalue weighted by Crippen LogP contribution is -2.58. The van der Waals surface area contributed by atoms with Crippen molar-refractivity contribution in [3.63, 3.8) is 0 Å². The van der Waals surface area contributed by atoms with Crippen LogP contribution in [-0.4, -0.2) is 54.5 Å². The van der Waals surface area contributed by atoms with E-state index in [-0.39, 0.29) is 24.4 Å². The van der Waals surface area contributed by atoms with Crippen LogP contribution in [0, 0.1) is 0 Å². The Hall–Kier alpha value is -2.50. The lowest BCUT2D eigenvalue weighted by atomic mass is 9.91. The fourth-order valence-corrected chi connectivity index (χ4v) is 5.55. The van der Waals surface area contributed by atoms with Gasteiger partial charge in [0.1, 0.15) is 12.6 Å². The highest BCUT2D eigenvalue weighted by atomic mass is 16.5. The van der Waals surface area contributed by atoms with Crippen LogP contribution in [0.25, 0.3) is 0 Å². The van der Waals surface area contributed by atoms with Gasteiger partial charge in [-0.1, -0.05) is 37.0 Å². The highest BCUT2D eigenvalue weighted by Gasteiger charge is 2.43. The van der Waals surface area contributed by atoms with E-state index in [1.807, 2.05) is 34.9 Å². The number of ether oxygens (including phenoxy) is 2. The summed E-state index contributed by atoms with van der Waals surface area (Å²) in [5, 5.41) is 0. The molecule has 3 aliphatic rings. The average molecular weight is 455 g/mol. The largest absolute Gasteiger partial charge is 0.493 e. The van der Waals surface area contributed by atoms with Crippen LogP contribution in [0.5, 0.6) is 11.5 Å². The van der Waals surface area contributed by atoms with E-state index >= 15 is 0 Å². The van der Waals surface area contributed by atoms with Crippen LogP contribution >= 0.6 is 0 Å². The van der Waals surface area contributed by atoms with Crippen molar-refractivity contribution >= 4 is 11.8 Å². The summed E-state index contributed by atoms with van der Waals surface area (Å²) in [5.74, 6) is 1.35. The van der Waals surface area contributed by atoms with Crippen LogP contribution in [0.2, 0.25) is 0 Å². The lowest BCUT2D eigenvalue weighted by molar-refractivity contribution is -0.159. The molecule has 4 rings (SSSR count). The van der Waals surface area contributed by atoms with Crippen LogP contribution in [0.4, 0.5) is 0 Å². The van der Waals surface area contributed by atoms with E-state index in [4.69, 9.17) is 9.47 Å². The highest BCUT2D eigenvalue weighted by Crippen LogP contribution is 2.37. The minimum atomic E-state index is -0.609. The van der Waals surface area contributed by atoms with Gasteiger partial charge in [0.2, 0.25) is 5.91 Å². The van der Waals surface area contributed by atoms with Gasteiger partial charge in [-0.3, -0.25) is 9.59 Å². The number of benzene rings is 1. The molecule has 180 valence electrons. The topological polar surface area (TPSA) is 59.1 Å². The van der Waals surface area contributed by atoms with Crippen LogP contribution in [0.3, 0.4) is 0 Å². The Morgan fingerprint density at radius 3 is 2.55 bits per heavy atom. The van der Waals surface area contributed by atoms with E-state index in [9.17, 15) is 9.59 Å². The number of rotatable bonds is 8. The van der Waals surface area contributed by atoms with Gasteiger partial charge in [0.25, 0.3) is 5.91 Å². The van der Waals surface area contributed by atoms with Crippen molar-refractivity contribution in [1.82, 2.24) is 9.80 Å². The molecule has 6 heteroatoms. The van der Waals surface area contributed by atoms with E-state index in [0.717, 1.165) is 50.5 Å². The van der Waals surface area contributed by atoms with E-state index in [0.29, 0.717) is 24.7 Å². The molecule has 0 N–H and O–H groups in total. The molecule has 1 saturated carbocycles. The van der Waals surface area contributed by atoms with Gasteiger partial charge in [-0.2, -0.15) is 0 Å². The first-order valence-electron chi connectivity index (χ1n) is 12.7. The number of allylic oxidation sites excluding steroid dienone is 1. The number of carbonyl (C=O) groups is 2. The summed E-state index contributed by atoms with van der Waals surface area (Å²) in [6.07, 6.45) is 13.3. The first-order chi connectivity index (χ1) is 16.1. The average Bonchev–Trinajstić information content (AvgIpc) is 2.86. The van der Waals surface area contributed by atoms with Crippen LogP contribution in [0.1, 0.15) is 82.7 Å². The summed E-state index contributed by atoms with van der Waals surface area (Å²) in [6, 6.07) is 5.21. The number of methoxy groups -OCH3 is 1. The fourth-order valence-electron chi connectivity index (χ4n) is 5.55. The maximum Gasteiger partial charge on any atom is 0.250 e. The molecule has 33 heavy (non-hydrogen) atoms. The molecular formula is C27H38N2O4. The first kappa shape index (κ1) is 23.7. The van der Waals surface area contributed by atoms with Crippen molar-refractivity contribution in [3.05, 3.63) is 35.4 Å². The molecule has 1 atom stereocenters. The highest BCUT2D eigenvalue weighted by molar-refractivity contribution is 5.96. The van der Waals surface area contributed by atoms with Gasteiger partial charge in [-0.25, -0.2) is 0 Å². The summed E-state index contributed by atoms with van der Waals surface area (Å²) < 4.78 is 11.2. The van der Waals surface area contributed by atoms with E-state index in [1.165, 1.54) is 24.8 Å². The molecule has 1 aliphatic heterocycles. The van der Waals surface area contributed by atoms with Gasteiger partial charge in [-0.15, -0.1) is 0 Å². The Bertz CT molecular complexity index is 875. The number of hydrogen-bond acceptors (Lipinski definition) is 4. The van der Waals surface area contributed by atoms with E-state index in [2.05, 4.69) is 6.08 Å². The van der Waals surface area contributed by atoms with Gasteiger partial charge in [0, 0.05) is 12.6 Å².